The Morgan fingerprint density at radius 1 is 1.10 bits per heavy atom. The zero-order valence-electron chi connectivity index (χ0n) is 12.1. The summed E-state index contributed by atoms with van der Waals surface area (Å²) in [5.41, 5.74) is 9.11. The molecule has 0 bridgehead atoms. The smallest absolute Gasteiger partial charge is 0.143 e. The van der Waals surface area contributed by atoms with Crippen molar-refractivity contribution < 1.29 is 0 Å². The van der Waals surface area contributed by atoms with Crippen LogP contribution in [0.25, 0.3) is 0 Å². The summed E-state index contributed by atoms with van der Waals surface area (Å²) in [4.78, 5) is 9.22. The van der Waals surface area contributed by atoms with Gasteiger partial charge < -0.3 is 15.5 Å². The van der Waals surface area contributed by atoms with Gasteiger partial charge in [0.15, 0.2) is 0 Å². The Morgan fingerprint density at radius 3 is 2.52 bits per heavy atom. The predicted molar refractivity (Wildman–Crippen MR) is 92.0 cm³/mol. The number of piperazine rings is 1. The standard InChI is InChI=1S/C16H19BrN4/c1-12-5-6-19-16(15(12)17)21-9-7-20(8-10-21)14-4-2-3-13(18)11-14/h2-6,11H,7-10,18H2,1H3. The first-order valence-corrected chi connectivity index (χ1v) is 7.91. The highest BCUT2D eigenvalue weighted by Crippen LogP contribution is 2.28. The molecule has 21 heavy (non-hydrogen) atoms. The van der Waals surface area contributed by atoms with Gasteiger partial charge in [-0.2, -0.15) is 0 Å². The maximum Gasteiger partial charge on any atom is 0.143 e. The molecule has 0 saturated carbocycles. The molecule has 5 heteroatoms. The number of aromatic nitrogens is 1. The molecule has 1 aromatic carbocycles. The Balaban J connectivity index is 1.72. The van der Waals surface area contributed by atoms with Crippen LogP contribution in [-0.4, -0.2) is 31.2 Å². The van der Waals surface area contributed by atoms with E-state index in [-0.39, 0.29) is 0 Å². The molecule has 110 valence electrons. The minimum absolute atomic E-state index is 0.818. The van der Waals surface area contributed by atoms with Crippen LogP contribution in [0.1, 0.15) is 5.56 Å². The molecular weight excluding hydrogens is 328 g/mol. The van der Waals surface area contributed by atoms with Crippen LogP contribution in [0.5, 0.6) is 0 Å². The molecule has 1 saturated heterocycles. The maximum absolute atomic E-state index is 5.87. The molecule has 2 N–H and O–H groups in total. The first kappa shape index (κ1) is 14.2. The van der Waals surface area contributed by atoms with Gasteiger partial charge in [-0.1, -0.05) is 6.07 Å². The van der Waals surface area contributed by atoms with E-state index in [2.05, 4.69) is 43.7 Å². The Bertz CT molecular complexity index is 636. The van der Waals surface area contributed by atoms with Crippen molar-refractivity contribution in [2.24, 2.45) is 0 Å². The van der Waals surface area contributed by atoms with Crippen LogP contribution in [0.4, 0.5) is 17.2 Å². The largest absolute Gasteiger partial charge is 0.399 e. The third-order valence-electron chi connectivity index (χ3n) is 3.88. The number of nitrogens with two attached hydrogens (primary N) is 1. The van der Waals surface area contributed by atoms with Crippen LogP contribution >= 0.6 is 15.9 Å². The number of hydrogen-bond donors (Lipinski definition) is 1. The predicted octanol–water partition coefficient (Wildman–Crippen LogP) is 3.06. The highest BCUT2D eigenvalue weighted by molar-refractivity contribution is 9.10. The number of nitrogen functional groups attached to an aromatic ring is 1. The third-order valence-corrected chi connectivity index (χ3v) is 4.86. The highest BCUT2D eigenvalue weighted by atomic mass is 79.9. The van der Waals surface area contributed by atoms with Gasteiger partial charge in [-0.15, -0.1) is 0 Å². The van der Waals surface area contributed by atoms with Crippen LogP contribution < -0.4 is 15.5 Å². The lowest BCUT2D eigenvalue weighted by Gasteiger charge is -2.37. The fourth-order valence-corrected chi connectivity index (χ4v) is 3.13. The average molecular weight is 347 g/mol. The number of halogens is 1. The Labute approximate surface area is 133 Å². The number of aryl methyl sites for hydroxylation is 1. The summed E-state index contributed by atoms with van der Waals surface area (Å²) < 4.78 is 1.10. The average Bonchev–Trinajstić information content (AvgIpc) is 2.50. The minimum atomic E-state index is 0.818. The molecule has 1 aliphatic heterocycles. The summed E-state index contributed by atoms with van der Waals surface area (Å²) in [5, 5.41) is 0. The van der Waals surface area contributed by atoms with Gasteiger partial charge in [-0.05, 0) is 52.7 Å². The van der Waals surface area contributed by atoms with E-state index in [1.807, 2.05) is 30.5 Å². The Hall–Kier alpha value is -1.75. The van der Waals surface area contributed by atoms with Gasteiger partial charge in [0, 0.05) is 43.8 Å². The van der Waals surface area contributed by atoms with E-state index < -0.39 is 0 Å². The van der Waals surface area contributed by atoms with Crippen molar-refractivity contribution >= 4 is 33.1 Å². The molecule has 0 aliphatic carbocycles. The van der Waals surface area contributed by atoms with E-state index in [4.69, 9.17) is 5.73 Å². The Morgan fingerprint density at radius 2 is 1.81 bits per heavy atom. The van der Waals surface area contributed by atoms with Crippen molar-refractivity contribution in [2.45, 2.75) is 6.92 Å². The van der Waals surface area contributed by atoms with Gasteiger partial charge in [-0.25, -0.2) is 4.98 Å². The van der Waals surface area contributed by atoms with Crippen molar-refractivity contribution in [3.63, 3.8) is 0 Å². The highest BCUT2D eigenvalue weighted by Gasteiger charge is 2.20. The third kappa shape index (κ3) is 2.97. The van der Waals surface area contributed by atoms with Crippen LogP contribution in [0.2, 0.25) is 0 Å². The summed E-state index contributed by atoms with van der Waals surface area (Å²) in [6, 6.07) is 10.1. The van der Waals surface area contributed by atoms with Gasteiger partial charge in [-0.3, -0.25) is 0 Å². The quantitative estimate of drug-likeness (QED) is 0.849. The van der Waals surface area contributed by atoms with Gasteiger partial charge in [0.2, 0.25) is 0 Å². The van der Waals surface area contributed by atoms with Crippen molar-refractivity contribution in [2.75, 3.05) is 41.7 Å². The minimum Gasteiger partial charge on any atom is -0.399 e. The normalized spacial score (nSPS) is 15.3. The monoisotopic (exact) mass is 346 g/mol. The Kier molecular flexibility index (Phi) is 4.01. The molecule has 1 aliphatic rings. The molecule has 1 aromatic heterocycles. The van der Waals surface area contributed by atoms with Gasteiger partial charge in [0.25, 0.3) is 0 Å². The molecule has 4 nitrogen and oxygen atoms in total. The van der Waals surface area contributed by atoms with Crippen molar-refractivity contribution in [1.29, 1.82) is 0 Å². The van der Waals surface area contributed by atoms with E-state index in [1.54, 1.807) is 0 Å². The molecule has 0 amide bonds. The zero-order chi connectivity index (χ0) is 14.8. The molecule has 1 fully saturated rings. The summed E-state index contributed by atoms with van der Waals surface area (Å²) in [6.45, 7) is 5.98. The van der Waals surface area contributed by atoms with Crippen LogP contribution in [0.3, 0.4) is 0 Å². The zero-order valence-corrected chi connectivity index (χ0v) is 13.7. The molecule has 0 unspecified atom stereocenters. The van der Waals surface area contributed by atoms with Gasteiger partial charge >= 0.3 is 0 Å². The van der Waals surface area contributed by atoms with Crippen molar-refractivity contribution in [3.05, 3.63) is 46.6 Å². The molecule has 0 radical (unpaired) electrons. The van der Waals surface area contributed by atoms with Crippen LogP contribution in [-0.2, 0) is 0 Å². The van der Waals surface area contributed by atoms with Crippen LogP contribution in [0, 0.1) is 6.92 Å². The SMILES string of the molecule is Cc1ccnc(N2CCN(c3cccc(N)c3)CC2)c1Br. The summed E-state index contributed by atoms with van der Waals surface area (Å²) in [6.07, 6.45) is 1.87. The van der Waals surface area contributed by atoms with E-state index in [0.717, 1.165) is 42.2 Å². The lowest BCUT2D eigenvalue weighted by molar-refractivity contribution is 0.646. The van der Waals surface area contributed by atoms with E-state index in [1.165, 1.54) is 11.3 Å². The molecule has 2 aromatic rings. The fourth-order valence-electron chi connectivity index (χ4n) is 2.64. The first-order valence-electron chi connectivity index (χ1n) is 7.11. The second-order valence-electron chi connectivity index (χ2n) is 5.33. The summed E-state index contributed by atoms with van der Waals surface area (Å²) >= 11 is 3.65. The van der Waals surface area contributed by atoms with Crippen molar-refractivity contribution in [3.8, 4) is 0 Å². The number of benzene rings is 1. The topological polar surface area (TPSA) is 45.4 Å². The molecular formula is C16H19BrN4. The molecule has 3 rings (SSSR count). The van der Waals surface area contributed by atoms with E-state index in [9.17, 15) is 0 Å². The number of nitrogens with zero attached hydrogens (tertiary/aromatic N) is 3. The summed E-state index contributed by atoms with van der Waals surface area (Å²) in [5.74, 6) is 1.04. The molecule has 0 spiro atoms. The number of anilines is 3. The lowest BCUT2D eigenvalue weighted by Crippen LogP contribution is -2.47. The van der Waals surface area contributed by atoms with Crippen molar-refractivity contribution in [1.82, 2.24) is 4.98 Å². The molecule has 2 heterocycles. The summed E-state index contributed by atoms with van der Waals surface area (Å²) in [7, 11) is 0. The number of hydrogen-bond acceptors (Lipinski definition) is 4. The van der Waals surface area contributed by atoms with Gasteiger partial charge in [0.1, 0.15) is 5.82 Å². The van der Waals surface area contributed by atoms with E-state index in [0.29, 0.717) is 0 Å². The van der Waals surface area contributed by atoms with Crippen LogP contribution in [0.15, 0.2) is 41.0 Å². The first-order chi connectivity index (χ1) is 10.1. The van der Waals surface area contributed by atoms with Gasteiger partial charge in [0.05, 0.1) is 4.47 Å². The number of pyridine rings is 1. The van der Waals surface area contributed by atoms with E-state index >= 15 is 0 Å². The molecule has 0 atom stereocenters. The number of rotatable bonds is 2. The maximum atomic E-state index is 5.87. The second kappa shape index (κ2) is 5.93. The second-order valence-corrected chi connectivity index (χ2v) is 6.13. The fraction of sp³-hybridized carbons (Fsp3) is 0.312. The lowest BCUT2D eigenvalue weighted by atomic mass is 10.2.